The monoisotopic (exact) mass is 223 g/mol. The van der Waals surface area contributed by atoms with Gasteiger partial charge in [0.2, 0.25) is 0 Å². The molecule has 1 rings (SSSR count). The average molecular weight is 224 g/mol. The first-order valence-electron chi connectivity index (χ1n) is 3.75. The smallest absolute Gasteiger partial charge is 0.406 e. The van der Waals surface area contributed by atoms with Crippen molar-refractivity contribution in [3.63, 3.8) is 0 Å². The number of benzene rings is 1. The first-order valence-corrected chi connectivity index (χ1v) is 4.13. The van der Waals surface area contributed by atoms with Crippen molar-refractivity contribution >= 4 is 11.6 Å². The number of halogens is 4. The Balaban J connectivity index is 2.92. The lowest BCUT2D eigenvalue weighted by atomic mass is 10.2. The SMILES string of the molecule is [CH2]Cc1cc(Cl)cc(OC(F)(F)F)c1. The fraction of sp³-hybridized carbons (Fsp3) is 0.222. The van der Waals surface area contributed by atoms with Crippen LogP contribution in [0.25, 0.3) is 0 Å². The molecule has 5 heteroatoms. The average Bonchev–Trinajstić information content (AvgIpc) is 1.99. The van der Waals surface area contributed by atoms with Crippen LogP contribution >= 0.6 is 11.6 Å². The normalized spacial score (nSPS) is 11.5. The predicted octanol–water partition coefficient (Wildman–Crippen LogP) is 3.62. The van der Waals surface area contributed by atoms with Gasteiger partial charge in [0, 0.05) is 5.02 Å². The Morgan fingerprint density at radius 3 is 2.43 bits per heavy atom. The molecule has 0 aliphatic rings. The van der Waals surface area contributed by atoms with Gasteiger partial charge in [-0.25, -0.2) is 0 Å². The van der Waals surface area contributed by atoms with E-state index in [9.17, 15) is 13.2 Å². The summed E-state index contributed by atoms with van der Waals surface area (Å²) < 4.78 is 39.2. The van der Waals surface area contributed by atoms with Gasteiger partial charge in [-0.05, 0) is 37.1 Å². The molecule has 0 saturated heterocycles. The molecule has 0 aliphatic heterocycles. The van der Waals surface area contributed by atoms with Crippen molar-refractivity contribution in [1.82, 2.24) is 0 Å². The van der Waals surface area contributed by atoms with Crippen LogP contribution < -0.4 is 4.74 Å². The molecule has 14 heavy (non-hydrogen) atoms. The fourth-order valence-corrected chi connectivity index (χ4v) is 1.21. The minimum Gasteiger partial charge on any atom is -0.406 e. The summed E-state index contributed by atoms with van der Waals surface area (Å²) in [5, 5.41) is 0.199. The van der Waals surface area contributed by atoms with Gasteiger partial charge in [-0.15, -0.1) is 13.2 Å². The Labute approximate surface area is 84.4 Å². The summed E-state index contributed by atoms with van der Waals surface area (Å²) in [5.41, 5.74) is 0.594. The highest BCUT2D eigenvalue weighted by Crippen LogP contribution is 2.26. The number of ether oxygens (including phenoxy) is 1. The molecule has 1 nitrogen and oxygen atoms in total. The summed E-state index contributed by atoms with van der Waals surface area (Å²) in [6.07, 6.45) is -4.34. The molecule has 1 aromatic rings. The highest BCUT2D eigenvalue weighted by molar-refractivity contribution is 6.30. The van der Waals surface area contributed by atoms with E-state index in [1.165, 1.54) is 12.1 Å². The van der Waals surface area contributed by atoms with Gasteiger partial charge in [0.15, 0.2) is 0 Å². The standard InChI is InChI=1S/C9H7ClF3O/c1-2-6-3-7(10)5-8(4-6)14-9(11,12)13/h3-5H,1-2H2. The van der Waals surface area contributed by atoms with Crippen LogP contribution in [-0.2, 0) is 6.42 Å². The largest absolute Gasteiger partial charge is 0.573 e. The van der Waals surface area contributed by atoms with Gasteiger partial charge in [-0.2, -0.15) is 0 Å². The van der Waals surface area contributed by atoms with E-state index < -0.39 is 6.36 Å². The zero-order valence-corrected chi connectivity index (χ0v) is 7.82. The molecular formula is C9H7ClF3O. The Bertz CT molecular complexity index is 322. The summed E-state index contributed by atoms with van der Waals surface area (Å²) in [5.74, 6) is -0.316. The van der Waals surface area contributed by atoms with E-state index in [0.29, 0.717) is 12.0 Å². The molecular weight excluding hydrogens is 217 g/mol. The molecule has 1 radical (unpaired) electrons. The number of alkyl halides is 3. The summed E-state index contributed by atoms with van der Waals surface area (Å²) in [4.78, 5) is 0. The minimum atomic E-state index is -4.69. The predicted molar refractivity (Wildman–Crippen MR) is 47.2 cm³/mol. The van der Waals surface area contributed by atoms with Crippen LogP contribution in [0.2, 0.25) is 5.02 Å². The van der Waals surface area contributed by atoms with Crippen LogP contribution in [0.3, 0.4) is 0 Å². The van der Waals surface area contributed by atoms with Gasteiger partial charge in [0.1, 0.15) is 5.75 Å². The maximum absolute atomic E-state index is 11.8. The third kappa shape index (κ3) is 3.46. The number of rotatable bonds is 2. The maximum Gasteiger partial charge on any atom is 0.573 e. The lowest BCUT2D eigenvalue weighted by Gasteiger charge is -2.10. The second-order valence-corrected chi connectivity index (χ2v) is 3.03. The van der Waals surface area contributed by atoms with Crippen molar-refractivity contribution in [3.05, 3.63) is 35.7 Å². The molecule has 1 aromatic carbocycles. The Kier molecular flexibility index (Phi) is 3.26. The second kappa shape index (κ2) is 4.09. The lowest BCUT2D eigenvalue weighted by Crippen LogP contribution is -2.17. The zero-order chi connectivity index (χ0) is 10.8. The second-order valence-electron chi connectivity index (χ2n) is 2.59. The number of hydrogen-bond acceptors (Lipinski definition) is 1. The van der Waals surface area contributed by atoms with Crippen molar-refractivity contribution < 1.29 is 17.9 Å². The molecule has 0 N–H and O–H groups in total. The maximum atomic E-state index is 11.8. The highest BCUT2D eigenvalue weighted by atomic mass is 35.5. The van der Waals surface area contributed by atoms with Crippen LogP contribution in [0, 0.1) is 6.92 Å². The van der Waals surface area contributed by atoms with Gasteiger partial charge < -0.3 is 4.74 Å². The van der Waals surface area contributed by atoms with Crippen molar-refractivity contribution in [2.45, 2.75) is 12.8 Å². The van der Waals surface area contributed by atoms with E-state index in [0.717, 1.165) is 6.07 Å². The summed E-state index contributed by atoms with van der Waals surface area (Å²) in [6.45, 7) is 3.54. The van der Waals surface area contributed by atoms with Crippen molar-refractivity contribution in [2.75, 3.05) is 0 Å². The molecule has 0 amide bonds. The molecule has 0 unspecified atom stereocenters. The first kappa shape index (κ1) is 11.2. The van der Waals surface area contributed by atoms with Gasteiger partial charge >= 0.3 is 6.36 Å². The van der Waals surface area contributed by atoms with Crippen LogP contribution in [0.5, 0.6) is 5.75 Å². The Morgan fingerprint density at radius 2 is 1.93 bits per heavy atom. The van der Waals surface area contributed by atoms with Gasteiger partial charge in [-0.3, -0.25) is 0 Å². The Morgan fingerprint density at radius 1 is 1.29 bits per heavy atom. The van der Waals surface area contributed by atoms with E-state index in [2.05, 4.69) is 11.7 Å². The molecule has 0 fully saturated rings. The third-order valence-corrected chi connectivity index (χ3v) is 1.67. The molecule has 0 aliphatic carbocycles. The topological polar surface area (TPSA) is 9.23 Å². The Hall–Kier alpha value is -0.900. The lowest BCUT2D eigenvalue weighted by molar-refractivity contribution is -0.274. The number of hydrogen-bond donors (Lipinski definition) is 0. The van der Waals surface area contributed by atoms with E-state index in [-0.39, 0.29) is 10.8 Å². The molecule has 0 spiro atoms. The van der Waals surface area contributed by atoms with Gasteiger partial charge in [0.05, 0.1) is 0 Å². The quantitative estimate of drug-likeness (QED) is 0.744. The summed E-state index contributed by atoms with van der Waals surface area (Å²) in [6, 6.07) is 3.90. The molecule has 77 valence electrons. The van der Waals surface area contributed by atoms with Crippen molar-refractivity contribution in [2.24, 2.45) is 0 Å². The molecule has 0 heterocycles. The van der Waals surface area contributed by atoms with Gasteiger partial charge in [-0.1, -0.05) is 11.6 Å². The molecule has 0 bridgehead atoms. The van der Waals surface area contributed by atoms with E-state index in [1.54, 1.807) is 0 Å². The molecule has 0 saturated carbocycles. The van der Waals surface area contributed by atoms with Crippen molar-refractivity contribution in [1.29, 1.82) is 0 Å². The summed E-state index contributed by atoms with van der Waals surface area (Å²) >= 11 is 5.58. The fourth-order valence-electron chi connectivity index (χ4n) is 0.958. The van der Waals surface area contributed by atoms with Gasteiger partial charge in [0.25, 0.3) is 0 Å². The van der Waals surface area contributed by atoms with E-state index >= 15 is 0 Å². The first-order chi connectivity index (χ1) is 6.40. The van der Waals surface area contributed by atoms with Crippen LogP contribution in [-0.4, -0.2) is 6.36 Å². The molecule has 0 atom stereocenters. The minimum absolute atomic E-state index is 0.199. The van der Waals surface area contributed by atoms with E-state index in [4.69, 9.17) is 11.6 Å². The third-order valence-electron chi connectivity index (χ3n) is 1.45. The zero-order valence-electron chi connectivity index (χ0n) is 7.07. The summed E-state index contributed by atoms with van der Waals surface area (Å²) in [7, 11) is 0. The van der Waals surface area contributed by atoms with Crippen LogP contribution in [0.15, 0.2) is 18.2 Å². The molecule has 0 aromatic heterocycles. The van der Waals surface area contributed by atoms with Crippen molar-refractivity contribution in [3.8, 4) is 5.75 Å². The van der Waals surface area contributed by atoms with Crippen LogP contribution in [0.4, 0.5) is 13.2 Å². The van der Waals surface area contributed by atoms with Crippen LogP contribution in [0.1, 0.15) is 5.56 Å². The highest BCUT2D eigenvalue weighted by Gasteiger charge is 2.31. The van der Waals surface area contributed by atoms with E-state index in [1.807, 2.05) is 0 Å².